The molecule has 0 aromatic rings. The Kier molecular flexibility index (Phi) is 2.56. The van der Waals surface area contributed by atoms with Crippen LogP contribution in [0.3, 0.4) is 0 Å². The van der Waals surface area contributed by atoms with Crippen LogP contribution in [-0.4, -0.2) is 16.1 Å². The van der Waals surface area contributed by atoms with Crippen LogP contribution in [0.2, 0.25) is 0 Å². The highest BCUT2D eigenvalue weighted by Crippen LogP contribution is 2.34. The van der Waals surface area contributed by atoms with E-state index in [0.717, 1.165) is 0 Å². The van der Waals surface area contributed by atoms with Gasteiger partial charge in [-0.1, -0.05) is 11.6 Å². The average molecular weight is 206 g/mol. The second kappa shape index (κ2) is 2.87. The molecule has 4 heteroatoms. The molecule has 1 aliphatic rings. The van der Waals surface area contributed by atoms with Crippen molar-refractivity contribution in [2.24, 2.45) is 0 Å². The van der Waals surface area contributed by atoms with Gasteiger partial charge in [-0.2, -0.15) is 0 Å². The fourth-order valence-electron chi connectivity index (χ4n) is 0.649. The Hall–Kier alpha value is 0.900. The lowest BCUT2D eigenvalue weighted by Crippen LogP contribution is -2.16. The molecule has 1 aliphatic carbocycles. The van der Waals surface area contributed by atoms with E-state index in [-0.39, 0.29) is 16.1 Å². The van der Waals surface area contributed by atoms with Crippen LogP contribution in [0.1, 0.15) is 0 Å². The summed E-state index contributed by atoms with van der Waals surface area (Å²) in [6, 6.07) is 0. The molecule has 0 aromatic heterocycles. The highest BCUT2D eigenvalue weighted by molar-refractivity contribution is 6.44. The second-order valence-corrected chi connectivity index (χ2v) is 3.76. The maximum absolute atomic E-state index is 5.71. The van der Waals surface area contributed by atoms with E-state index in [2.05, 4.69) is 0 Å². The molecule has 0 bridgehead atoms. The first kappa shape index (κ1) is 8.00. The molecule has 0 aromatic carbocycles. The maximum Gasteiger partial charge on any atom is 0.0870 e. The standard InChI is InChI=1S/C5H4Cl4/c6-2-1-3(7)5(9)4(2)8/h1-2,4-5H. The SMILES string of the molecule is ClC1=CC(Cl)C(Cl)C1Cl. The quantitative estimate of drug-likeness (QED) is 0.534. The predicted molar refractivity (Wildman–Crippen MR) is 42.9 cm³/mol. The molecule has 0 nitrogen and oxygen atoms in total. The molecule has 0 saturated carbocycles. The number of alkyl halides is 3. The van der Waals surface area contributed by atoms with Crippen LogP contribution in [0, 0.1) is 0 Å². The highest BCUT2D eigenvalue weighted by Gasteiger charge is 2.32. The van der Waals surface area contributed by atoms with E-state index in [9.17, 15) is 0 Å². The van der Waals surface area contributed by atoms with Gasteiger partial charge in [-0.15, -0.1) is 34.8 Å². The largest absolute Gasteiger partial charge is 0.119 e. The summed E-state index contributed by atoms with van der Waals surface area (Å²) in [7, 11) is 0. The summed E-state index contributed by atoms with van der Waals surface area (Å²) in [5, 5.41) is -0.241. The van der Waals surface area contributed by atoms with E-state index in [0.29, 0.717) is 5.03 Å². The highest BCUT2D eigenvalue weighted by atomic mass is 35.5. The fourth-order valence-corrected chi connectivity index (χ4v) is 1.84. The molecule has 0 saturated heterocycles. The summed E-state index contributed by atoms with van der Waals surface area (Å²) >= 11 is 22.7. The molecular formula is C5H4Cl4. The monoisotopic (exact) mass is 204 g/mol. The van der Waals surface area contributed by atoms with Gasteiger partial charge in [0.05, 0.1) is 16.1 Å². The second-order valence-electron chi connectivity index (χ2n) is 1.84. The van der Waals surface area contributed by atoms with Crippen molar-refractivity contribution in [1.29, 1.82) is 0 Å². The number of halogens is 4. The minimum Gasteiger partial charge on any atom is -0.119 e. The minimum absolute atomic E-state index is 0.221. The van der Waals surface area contributed by atoms with Crippen molar-refractivity contribution in [3.05, 3.63) is 11.1 Å². The third-order valence-electron chi connectivity index (χ3n) is 1.17. The van der Waals surface area contributed by atoms with E-state index >= 15 is 0 Å². The molecule has 0 fully saturated rings. The van der Waals surface area contributed by atoms with Crippen molar-refractivity contribution >= 4 is 46.4 Å². The molecule has 3 atom stereocenters. The van der Waals surface area contributed by atoms with Gasteiger partial charge in [-0.25, -0.2) is 0 Å². The van der Waals surface area contributed by atoms with Gasteiger partial charge in [0.2, 0.25) is 0 Å². The first-order chi connectivity index (χ1) is 4.13. The summed E-state index contributed by atoms with van der Waals surface area (Å²) in [6.45, 7) is 0. The summed E-state index contributed by atoms with van der Waals surface area (Å²) in [5.74, 6) is 0. The van der Waals surface area contributed by atoms with Gasteiger partial charge in [0.25, 0.3) is 0 Å². The van der Waals surface area contributed by atoms with E-state index in [1.54, 1.807) is 6.08 Å². The van der Waals surface area contributed by atoms with E-state index in [4.69, 9.17) is 46.4 Å². The zero-order valence-electron chi connectivity index (χ0n) is 4.32. The Bertz CT molecular complexity index is 142. The van der Waals surface area contributed by atoms with Crippen LogP contribution in [0.15, 0.2) is 11.1 Å². The van der Waals surface area contributed by atoms with Crippen LogP contribution < -0.4 is 0 Å². The summed E-state index contributed by atoms with van der Waals surface area (Å²) in [4.78, 5) is 0. The number of rotatable bonds is 0. The molecule has 0 radical (unpaired) electrons. The fraction of sp³-hybridized carbons (Fsp3) is 0.600. The van der Waals surface area contributed by atoms with E-state index in [1.807, 2.05) is 0 Å². The van der Waals surface area contributed by atoms with Crippen molar-refractivity contribution in [2.45, 2.75) is 16.1 Å². The van der Waals surface area contributed by atoms with Gasteiger partial charge in [0.15, 0.2) is 0 Å². The van der Waals surface area contributed by atoms with Gasteiger partial charge in [0.1, 0.15) is 0 Å². The Morgan fingerprint density at radius 1 is 1.22 bits per heavy atom. The van der Waals surface area contributed by atoms with E-state index in [1.165, 1.54) is 0 Å². The Balaban J connectivity index is 2.70. The number of allylic oxidation sites excluding steroid dienone is 2. The molecule has 0 N–H and O–H groups in total. The smallest absolute Gasteiger partial charge is 0.0870 e. The average Bonchev–Trinajstić information content (AvgIpc) is 1.98. The lowest BCUT2D eigenvalue weighted by molar-refractivity contribution is 0.947. The molecule has 0 amide bonds. The first-order valence-corrected chi connectivity index (χ1v) is 4.11. The molecule has 0 aliphatic heterocycles. The third kappa shape index (κ3) is 1.48. The summed E-state index contributed by atoms with van der Waals surface area (Å²) < 4.78 is 0. The zero-order chi connectivity index (χ0) is 7.02. The Morgan fingerprint density at radius 3 is 1.89 bits per heavy atom. The zero-order valence-corrected chi connectivity index (χ0v) is 7.34. The summed E-state index contributed by atoms with van der Waals surface area (Å²) in [5.41, 5.74) is 0. The molecule has 52 valence electrons. The summed E-state index contributed by atoms with van der Waals surface area (Å²) in [6.07, 6.45) is 1.67. The van der Waals surface area contributed by atoms with Crippen molar-refractivity contribution in [3.63, 3.8) is 0 Å². The van der Waals surface area contributed by atoms with Crippen LogP contribution in [0.5, 0.6) is 0 Å². The molecule has 9 heavy (non-hydrogen) atoms. The molecular weight excluding hydrogens is 202 g/mol. The van der Waals surface area contributed by atoms with Gasteiger partial charge in [-0.3, -0.25) is 0 Å². The van der Waals surface area contributed by atoms with Crippen molar-refractivity contribution < 1.29 is 0 Å². The first-order valence-electron chi connectivity index (χ1n) is 2.42. The molecule has 3 unspecified atom stereocenters. The van der Waals surface area contributed by atoms with Gasteiger partial charge in [0, 0.05) is 5.03 Å². The number of hydrogen-bond acceptors (Lipinski definition) is 0. The van der Waals surface area contributed by atoms with Crippen LogP contribution >= 0.6 is 46.4 Å². The van der Waals surface area contributed by atoms with Crippen molar-refractivity contribution in [1.82, 2.24) is 0 Å². The van der Waals surface area contributed by atoms with Crippen molar-refractivity contribution in [3.8, 4) is 0 Å². The van der Waals surface area contributed by atoms with Gasteiger partial charge in [-0.05, 0) is 6.08 Å². The minimum atomic E-state index is -0.309. The Morgan fingerprint density at radius 2 is 1.78 bits per heavy atom. The molecule has 0 spiro atoms. The van der Waals surface area contributed by atoms with Gasteiger partial charge < -0.3 is 0 Å². The van der Waals surface area contributed by atoms with Gasteiger partial charge >= 0.3 is 0 Å². The third-order valence-corrected chi connectivity index (χ3v) is 3.32. The van der Waals surface area contributed by atoms with E-state index < -0.39 is 0 Å². The topological polar surface area (TPSA) is 0 Å². The lowest BCUT2D eigenvalue weighted by atomic mass is 10.3. The lowest BCUT2D eigenvalue weighted by Gasteiger charge is -2.07. The number of hydrogen-bond donors (Lipinski definition) is 0. The van der Waals surface area contributed by atoms with Crippen LogP contribution in [-0.2, 0) is 0 Å². The molecule has 0 heterocycles. The van der Waals surface area contributed by atoms with Crippen LogP contribution in [0.4, 0.5) is 0 Å². The molecule has 1 rings (SSSR count). The Labute approximate surface area is 73.7 Å². The van der Waals surface area contributed by atoms with Crippen molar-refractivity contribution in [2.75, 3.05) is 0 Å². The predicted octanol–water partition coefficient (Wildman–Crippen LogP) is 2.94. The normalized spacial score (nSPS) is 43.1. The van der Waals surface area contributed by atoms with Crippen LogP contribution in [0.25, 0.3) is 0 Å². The maximum atomic E-state index is 5.71.